The first-order valence-electron chi connectivity index (χ1n) is 7.14. The molecule has 6 heteroatoms. The maximum atomic E-state index is 5.49. The van der Waals surface area contributed by atoms with E-state index in [0.29, 0.717) is 12.5 Å². The Morgan fingerprint density at radius 2 is 2.25 bits per heavy atom. The zero-order chi connectivity index (χ0) is 13.8. The summed E-state index contributed by atoms with van der Waals surface area (Å²) >= 11 is 2.01. The van der Waals surface area contributed by atoms with E-state index in [1.807, 2.05) is 11.8 Å². The first-order chi connectivity index (χ1) is 9.86. The minimum atomic E-state index is 0.409. The van der Waals surface area contributed by atoms with Crippen LogP contribution in [0.25, 0.3) is 0 Å². The molecular weight excluding hydrogens is 274 g/mol. The number of hydrogen-bond donors (Lipinski definition) is 0. The lowest BCUT2D eigenvalue weighted by molar-refractivity contribution is 0.177. The van der Waals surface area contributed by atoms with Gasteiger partial charge >= 0.3 is 0 Å². The van der Waals surface area contributed by atoms with Gasteiger partial charge in [-0.25, -0.2) is 9.97 Å². The van der Waals surface area contributed by atoms with E-state index < -0.39 is 0 Å². The number of aromatic nitrogens is 2. The summed E-state index contributed by atoms with van der Waals surface area (Å²) in [5, 5.41) is 0. The molecule has 2 fully saturated rings. The molecule has 3 heterocycles. The Bertz CT molecular complexity index is 446. The second-order valence-electron chi connectivity index (χ2n) is 5.16. The molecule has 0 spiro atoms. The number of thioether (sulfide) groups is 1. The Balaban J connectivity index is 1.86. The largest absolute Gasteiger partial charge is 0.381 e. The summed E-state index contributed by atoms with van der Waals surface area (Å²) in [6.07, 6.45) is 1.05. The lowest BCUT2D eigenvalue weighted by Gasteiger charge is -2.28. The van der Waals surface area contributed by atoms with Gasteiger partial charge in [0.1, 0.15) is 12.4 Å². The van der Waals surface area contributed by atoms with Crippen molar-refractivity contribution in [3.8, 4) is 0 Å². The van der Waals surface area contributed by atoms with Gasteiger partial charge in [-0.1, -0.05) is 0 Å². The molecule has 1 unspecified atom stereocenters. The number of ether oxygens (including phenoxy) is 2. The molecule has 0 aliphatic carbocycles. The van der Waals surface area contributed by atoms with Gasteiger partial charge in [0.2, 0.25) is 0 Å². The fourth-order valence-electron chi connectivity index (χ4n) is 2.63. The minimum absolute atomic E-state index is 0.409. The monoisotopic (exact) mass is 295 g/mol. The number of nitrogens with zero attached hydrogens (tertiary/aromatic N) is 3. The second-order valence-corrected chi connectivity index (χ2v) is 6.38. The van der Waals surface area contributed by atoms with Crippen LogP contribution in [0.1, 0.15) is 23.9 Å². The first-order valence-corrected chi connectivity index (χ1v) is 8.29. The van der Waals surface area contributed by atoms with Crippen LogP contribution >= 0.6 is 11.8 Å². The van der Waals surface area contributed by atoms with Crippen LogP contribution in [-0.2, 0) is 16.1 Å². The second kappa shape index (κ2) is 6.74. The van der Waals surface area contributed by atoms with Crippen molar-refractivity contribution in [1.29, 1.82) is 0 Å². The van der Waals surface area contributed by atoms with Crippen molar-refractivity contribution in [3.63, 3.8) is 0 Å². The highest BCUT2D eigenvalue weighted by Crippen LogP contribution is 2.27. The van der Waals surface area contributed by atoms with Crippen molar-refractivity contribution in [2.45, 2.75) is 18.9 Å². The van der Waals surface area contributed by atoms with Crippen molar-refractivity contribution in [3.05, 3.63) is 17.6 Å². The van der Waals surface area contributed by atoms with Gasteiger partial charge in [0.05, 0.1) is 12.3 Å². The lowest BCUT2D eigenvalue weighted by Crippen LogP contribution is -2.33. The molecule has 0 bridgehead atoms. The zero-order valence-electron chi connectivity index (χ0n) is 11.9. The van der Waals surface area contributed by atoms with E-state index in [1.165, 1.54) is 11.5 Å². The topological polar surface area (TPSA) is 47.5 Å². The third-order valence-electron chi connectivity index (χ3n) is 3.74. The molecule has 1 atom stereocenters. The molecule has 110 valence electrons. The number of hydrogen-bond acceptors (Lipinski definition) is 6. The quantitative estimate of drug-likeness (QED) is 0.842. The third kappa shape index (κ3) is 3.24. The summed E-state index contributed by atoms with van der Waals surface area (Å²) in [4.78, 5) is 11.7. The van der Waals surface area contributed by atoms with Crippen LogP contribution in [0.2, 0.25) is 0 Å². The van der Waals surface area contributed by atoms with Gasteiger partial charge in [-0.05, 0) is 6.42 Å². The fraction of sp³-hybridized carbons (Fsp3) is 0.714. The number of rotatable bonds is 4. The fourth-order valence-corrected chi connectivity index (χ4v) is 3.53. The smallest absolute Gasteiger partial charge is 0.156 e. The van der Waals surface area contributed by atoms with Crippen LogP contribution in [0.15, 0.2) is 6.07 Å². The predicted octanol–water partition coefficient (Wildman–Crippen LogP) is 1.68. The summed E-state index contributed by atoms with van der Waals surface area (Å²) in [6.45, 7) is 4.21. The van der Waals surface area contributed by atoms with Crippen molar-refractivity contribution in [1.82, 2.24) is 9.97 Å². The van der Waals surface area contributed by atoms with E-state index in [0.717, 1.165) is 50.1 Å². The summed E-state index contributed by atoms with van der Waals surface area (Å²) in [7, 11) is 1.69. The molecule has 2 aliphatic rings. The summed E-state index contributed by atoms with van der Waals surface area (Å²) in [6, 6.07) is 2.15. The number of methoxy groups -OCH3 is 1. The van der Waals surface area contributed by atoms with Gasteiger partial charge < -0.3 is 14.4 Å². The van der Waals surface area contributed by atoms with Gasteiger partial charge in [-0.3, -0.25) is 0 Å². The SMILES string of the molecule is COCc1nc(C2CCOC2)cc(N2CCSCC2)n1. The molecule has 0 N–H and O–H groups in total. The molecule has 0 radical (unpaired) electrons. The van der Waals surface area contributed by atoms with Crippen LogP contribution in [0.5, 0.6) is 0 Å². The molecule has 0 saturated carbocycles. The maximum absolute atomic E-state index is 5.49. The zero-order valence-corrected chi connectivity index (χ0v) is 12.7. The van der Waals surface area contributed by atoms with Gasteiger partial charge in [-0.2, -0.15) is 11.8 Å². The van der Waals surface area contributed by atoms with Crippen LogP contribution in [0.4, 0.5) is 5.82 Å². The van der Waals surface area contributed by atoms with E-state index in [9.17, 15) is 0 Å². The minimum Gasteiger partial charge on any atom is -0.381 e. The van der Waals surface area contributed by atoms with E-state index in [-0.39, 0.29) is 0 Å². The lowest BCUT2D eigenvalue weighted by atomic mass is 10.0. The van der Waals surface area contributed by atoms with E-state index in [1.54, 1.807) is 7.11 Å². The summed E-state index contributed by atoms with van der Waals surface area (Å²) in [5.41, 5.74) is 1.11. The summed E-state index contributed by atoms with van der Waals surface area (Å²) < 4.78 is 10.7. The Hall–Kier alpha value is -0.850. The Kier molecular flexibility index (Phi) is 4.75. The molecular formula is C14H21N3O2S. The highest BCUT2D eigenvalue weighted by Gasteiger charge is 2.22. The van der Waals surface area contributed by atoms with Crippen LogP contribution < -0.4 is 4.90 Å². The molecule has 0 aromatic carbocycles. The highest BCUT2D eigenvalue weighted by molar-refractivity contribution is 7.99. The molecule has 3 rings (SSSR count). The van der Waals surface area contributed by atoms with Crippen molar-refractivity contribution in [2.24, 2.45) is 0 Å². The van der Waals surface area contributed by atoms with Crippen LogP contribution in [-0.4, -0.2) is 54.9 Å². The first kappa shape index (κ1) is 14.1. The molecule has 20 heavy (non-hydrogen) atoms. The Morgan fingerprint density at radius 3 is 2.95 bits per heavy atom. The van der Waals surface area contributed by atoms with E-state index >= 15 is 0 Å². The van der Waals surface area contributed by atoms with Crippen LogP contribution in [0.3, 0.4) is 0 Å². The van der Waals surface area contributed by atoms with E-state index in [4.69, 9.17) is 9.47 Å². The third-order valence-corrected chi connectivity index (χ3v) is 4.68. The molecule has 0 amide bonds. The normalized spacial score (nSPS) is 23.2. The van der Waals surface area contributed by atoms with Gasteiger partial charge in [0.15, 0.2) is 5.82 Å². The summed E-state index contributed by atoms with van der Waals surface area (Å²) in [5.74, 6) is 4.59. The Labute approximate surface area is 124 Å². The molecule has 1 aromatic rings. The average Bonchev–Trinajstić information content (AvgIpc) is 3.02. The number of anilines is 1. The van der Waals surface area contributed by atoms with Gasteiger partial charge in [0, 0.05) is 50.3 Å². The van der Waals surface area contributed by atoms with E-state index in [2.05, 4.69) is 20.9 Å². The van der Waals surface area contributed by atoms with Crippen molar-refractivity contribution >= 4 is 17.6 Å². The standard InChI is InChI=1S/C14H21N3O2S/c1-18-10-13-15-12(11-2-5-19-9-11)8-14(16-13)17-3-6-20-7-4-17/h8,11H,2-7,9-10H2,1H3. The molecule has 2 saturated heterocycles. The highest BCUT2D eigenvalue weighted by atomic mass is 32.2. The molecule has 5 nitrogen and oxygen atoms in total. The maximum Gasteiger partial charge on any atom is 0.156 e. The average molecular weight is 295 g/mol. The Morgan fingerprint density at radius 1 is 1.40 bits per heavy atom. The van der Waals surface area contributed by atoms with Gasteiger partial charge in [0.25, 0.3) is 0 Å². The molecule has 1 aromatic heterocycles. The van der Waals surface area contributed by atoms with Crippen LogP contribution in [0, 0.1) is 0 Å². The molecule has 2 aliphatic heterocycles. The van der Waals surface area contributed by atoms with Crippen molar-refractivity contribution < 1.29 is 9.47 Å². The van der Waals surface area contributed by atoms with Gasteiger partial charge in [-0.15, -0.1) is 0 Å². The van der Waals surface area contributed by atoms with Crippen molar-refractivity contribution in [2.75, 3.05) is 49.8 Å². The predicted molar refractivity (Wildman–Crippen MR) is 80.5 cm³/mol.